The number of carbonyl (C=O) groups is 1. The molecular weight excluding hydrogens is 266 g/mol. The van der Waals surface area contributed by atoms with Crippen molar-refractivity contribution in [3.05, 3.63) is 29.3 Å². The molecule has 0 saturated carbocycles. The first kappa shape index (κ1) is 15.8. The van der Waals surface area contributed by atoms with Crippen molar-refractivity contribution in [2.24, 2.45) is 5.73 Å². The lowest BCUT2D eigenvalue weighted by molar-refractivity contribution is 0.0758. The van der Waals surface area contributed by atoms with Gasteiger partial charge in [0.2, 0.25) is 0 Å². The molecule has 1 saturated heterocycles. The van der Waals surface area contributed by atoms with Crippen LogP contribution >= 0.6 is 0 Å². The van der Waals surface area contributed by atoms with Gasteiger partial charge in [-0.1, -0.05) is 12.1 Å². The Bertz CT molecular complexity index is 490. The van der Waals surface area contributed by atoms with Crippen LogP contribution in [0, 0.1) is 6.92 Å². The van der Waals surface area contributed by atoms with Gasteiger partial charge < -0.3 is 20.6 Å². The van der Waals surface area contributed by atoms with Crippen LogP contribution < -0.4 is 5.73 Å². The van der Waals surface area contributed by atoms with Crippen LogP contribution in [-0.2, 0) is 0 Å². The average Bonchev–Trinajstić information content (AvgIpc) is 2.73. The van der Waals surface area contributed by atoms with E-state index in [2.05, 4.69) is 4.90 Å². The van der Waals surface area contributed by atoms with Gasteiger partial charge in [0.05, 0.1) is 5.56 Å². The van der Waals surface area contributed by atoms with Gasteiger partial charge in [-0.3, -0.25) is 4.79 Å². The highest BCUT2D eigenvalue weighted by Crippen LogP contribution is 2.23. The minimum Gasteiger partial charge on any atom is -0.507 e. The molecule has 1 amide bonds. The monoisotopic (exact) mass is 291 g/mol. The van der Waals surface area contributed by atoms with Gasteiger partial charge in [0, 0.05) is 19.6 Å². The number of hydrogen-bond donors (Lipinski definition) is 2. The molecule has 5 nitrogen and oxygen atoms in total. The third kappa shape index (κ3) is 3.95. The highest BCUT2D eigenvalue weighted by atomic mass is 16.3. The normalized spacial score (nSPS) is 16.8. The second-order valence-electron chi connectivity index (χ2n) is 5.60. The summed E-state index contributed by atoms with van der Waals surface area (Å²) >= 11 is 0. The van der Waals surface area contributed by atoms with E-state index in [0.29, 0.717) is 18.7 Å². The first-order valence-corrected chi connectivity index (χ1v) is 7.63. The number of rotatable bonds is 4. The lowest BCUT2D eigenvalue weighted by Crippen LogP contribution is -2.35. The van der Waals surface area contributed by atoms with E-state index in [0.717, 1.165) is 44.6 Å². The van der Waals surface area contributed by atoms with Crippen molar-refractivity contribution in [1.29, 1.82) is 0 Å². The van der Waals surface area contributed by atoms with Gasteiger partial charge in [-0.25, -0.2) is 0 Å². The number of phenols is 1. The molecule has 116 valence electrons. The molecule has 3 N–H and O–H groups in total. The number of nitrogens with two attached hydrogens (primary N) is 1. The zero-order valence-electron chi connectivity index (χ0n) is 12.7. The van der Waals surface area contributed by atoms with E-state index in [9.17, 15) is 9.90 Å². The Hall–Kier alpha value is -1.59. The molecular formula is C16H25N3O2. The molecule has 2 rings (SSSR count). The van der Waals surface area contributed by atoms with E-state index in [4.69, 9.17) is 5.73 Å². The molecule has 1 aromatic rings. The predicted molar refractivity (Wildman–Crippen MR) is 83.5 cm³/mol. The molecule has 0 unspecified atom stereocenters. The van der Waals surface area contributed by atoms with Crippen molar-refractivity contribution in [2.75, 3.05) is 39.3 Å². The number of aryl methyl sites for hydroxylation is 1. The lowest BCUT2D eigenvalue weighted by Gasteiger charge is -2.22. The van der Waals surface area contributed by atoms with Crippen LogP contribution in [0.15, 0.2) is 18.2 Å². The molecule has 21 heavy (non-hydrogen) atoms. The summed E-state index contributed by atoms with van der Waals surface area (Å²) in [5, 5.41) is 10.1. The largest absolute Gasteiger partial charge is 0.507 e. The molecule has 0 spiro atoms. The van der Waals surface area contributed by atoms with Gasteiger partial charge in [0.15, 0.2) is 0 Å². The SMILES string of the molecule is Cc1cccc(C(=O)N2CCCN(CCCN)CC2)c1O. The number of aromatic hydroxyl groups is 1. The fraction of sp³-hybridized carbons (Fsp3) is 0.562. The summed E-state index contributed by atoms with van der Waals surface area (Å²) in [6.45, 7) is 6.83. The molecule has 1 fully saturated rings. The fourth-order valence-corrected chi connectivity index (χ4v) is 2.71. The topological polar surface area (TPSA) is 69.8 Å². The van der Waals surface area contributed by atoms with Crippen molar-refractivity contribution in [2.45, 2.75) is 19.8 Å². The summed E-state index contributed by atoms with van der Waals surface area (Å²) in [4.78, 5) is 16.8. The van der Waals surface area contributed by atoms with Crippen molar-refractivity contribution in [3.8, 4) is 5.75 Å². The van der Waals surface area contributed by atoms with E-state index in [-0.39, 0.29) is 11.7 Å². The fourth-order valence-electron chi connectivity index (χ4n) is 2.71. The molecule has 1 heterocycles. The third-order valence-electron chi connectivity index (χ3n) is 4.02. The van der Waals surface area contributed by atoms with Crippen LogP contribution in [0.4, 0.5) is 0 Å². The summed E-state index contributed by atoms with van der Waals surface area (Å²) < 4.78 is 0. The zero-order chi connectivity index (χ0) is 15.2. The predicted octanol–water partition coefficient (Wildman–Crippen LogP) is 1.20. The van der Waals surface area contributed by atoms with E-state index in [1.54, 1.807) is 6.07 Å². The minimum absolute atomic E-state index is 0.0723. The summed E-state index contributed by atoms with van der Waals surface area (Å²) in [7, 11) is 0. The van der Waals surface area contributed by atoms with Crippen LogP contribution in [0.1, 0.15) is 28.8 Å². The molecule has 0 radical (unpaired) electrons. The Kier molecular flexibility index (Phi) is 5.59. The van der Waals surface area contributed by atoms with Crippen molar-refractivity contribution in [3.63, 3.8) is 0 Å². The van der Waals surface area contributed by atoms with Crippen molar-refractivity contribution < 1.29 is 9.90 Å². The maximum Gasteiger partial charge on any atom is 0.257 e. The summed E-state index contributed by atoms with van der Waals surface area (Å²) in [5.74, 6) is 0.0311. The first-order chi connectivity index (χ1) is 10.1. The zero-order valence-corrected chi connectivity index (χ0v) is 12.7. The first-order valence-electron chi connectivity index (χ1n) is 7.63. The second kappa shape index (κ2) is 7.43. The number of amides is 1. The molecule has 1 aliphatic heterocycles. The summed E-state index contributed by atoms with van der Waals surface area (Å²) in [6.07, 6.45) is 1.95. The van der Waals surface area contributed by atoms with Gasteiger partial charge in [0.1, 0.15) is 5.75 Å². The molecule has 0 bridgehead atoms. The number of nitrogens with zero attached hydrogens (tertiary/aromatic N) is 2. The van der Waals surface area contributed by atoms with Gasteiger partial charge in [-0.2, -0.15) is 0 Å². The van der Waals surface area contributed by atoms with Crippen molar-refractivity contribution in [1.82, 2.24) is 9.80 Å². The highest BCUT2D eigenvalue weighted by molar-refractivity contribution is 5.97. The molecule has 0 atom stereocenters. The Morgan fingerprint density at radius 2 is 2.10 bits per heavy atom. The summed E-state index contributed by atoms with van der Waals surface area (Å²) in [6, 6.07) is 5.32. The van der Waals surface area contributed by atoms with E-state index >= 15 is 0 Å². The van der Waals surface area contributed by atoms with Crippen LogP contribution in [0.5, 0.6) is 5.75 Å². The molecule has 1 aliphatic rings. The van der Waals surface area contributed by atoms with Crippen molar-refractivity contribution >= 4 is 5.91 Å². The number of hydrogen-bond acceptors (Lipinski definition) is 4. The Balaban J connectivity index is 2.01. The van der Waals surface area contributed by atoms with Crippen LogP contribution in [0.3, 0.4) is 0 Å². The second-order valence-corrected chi connectivity index (χ2v) is 5.60. The maximum absolute atomic E-state index is 12.6. The summed E-state index contributed by atoms with van der Waals surface area (Å²) in [5.41, 5.74) is 6.69. The molecule has 1 aromatic carbocycles. The number of phenolic OH excluding ortho intramolecular Hbond substituents is 1. The van der Waals surface area contributed by atoms with Gasteiger partial charge in [-0.15, -0.1) is 0 Å². The number of benzene rings is 1. The molecule has 0 aromatic heterocycles. The number of para-hydroxylation sites is 1. The number of carbonyl (C=O) groups excluding carboxylic acids is 1. The van der Waals surface area contributed by atoms with Gasteiger partial charge in [0.25, 0.3) is 5.91 Å². The van der Waals surface area contributed by atoms with E-state index in [1.165, 1.54) is 0 Å². The third-order valence-corrected chi connectivity index (χ3v) is 4.02. The minimum atomic E-state index is -0.0723. The van der Waals surface area contributed by atoms with E-state index < -0.39 is 0 Å². The highest BCUT2D eigenvalue weighted by Gasteiger charge is 2.22. The van der Waals surface area contributed by atoms with E-state index in [1.807, 2.05) is 24.0 Å². The smallest absolute Gasteiger partial charge is 0.257 e. The standard InChI is InChI=1S/C16H25N3O2/c1-13-5-2-6-14(15(13)20)16(21)19-10-4-9-18(11-12-19)8-3-7-17/h2,5-6,20H,3-4,7-12,17H2,1H3. The molecule has 0 aliphatic carbocycles. The quantitative estimate of drug-likeness (QED) is 0.874. The van der Waals surface area contributed by atoms with Gasteiger partial charge >= 0.3 is 0 Å². The lowest BCUT2D eigenvalue weighted by atomic mass is 10.1. The van der Waals surface area contributed by atoms with Crippen LogP contribution in [0.25, 0.3) is 0 Å². The Labute approximate surface area is 126 Å². The molecule has 5 heteroatoms. The van der Waals surface area contributed by atoms with Gasteiger partial charge in [-0.05, 0) is 51.0 Å². The van der Waals surface area contributed by atoms with Crippen LogP contribution in [-0.4, -0.2) is 60.1 Å². The Morgan fingerprint density at radius 1 is 1.29 bits per heavy atom. The average molecular weight is 291 g/mol. The maximum atomic E-state index is 12.6. The Morgan fingerprint density at radius 3 is 2.86 bits per heavy atom. The van der Waals surface area contributed by atoms with Crippen LogP contribution in [0.2, 0.25) is 0 Å².